The molecule has 5 heteroatoms. The van der Waals surface area contributed by atoms with Crippen LogP contribution in [0.5, 0.6) is 0 Å². The van der Waals surface area contributed by atoms with E-state index in [0.29, 0.717) is 18.5 Å². The first-order chi connectivity index (χ1) is 10.6. The van der Waals surface area contributed by atoms with Crippen LogP contribution in [0.1, 0.15) is 21.5 Å². The Balaban J connectivity index is 1.85. The zero-order valence-electron chi connectivity index (χ0n) is 12.2. The smallest absolute Gasteiger partial charge is 0.251 e. The van der Waals surface area contributed by atoms with Gasteiger partial charge in [-0.25, -0.2) is 0 Å². The number of benzene rings is 2. The molecule has 0 saturated carbocycles. The highest BCUT2D eigenvalue weighted by atomic mass is 79.9. The normalized spacial score (nSPS) is 10.1. The third-order valence-corrected chi connectivity index (χ3v) is 3.74. The standard InChI is InChI=1S/C17H17BrN2O2/c1-19-17(22)14-6-2-13(3-7-14)11-20-16(21)10-12-4-8-15(18)9-5-12/h2-9H,10-11H2,1H3,(H,19,22)(H,20,21). The Labute approximate surface area is 138 Å². The van der Waals surface area contributed by atoms with Gasteiger partial charge in [0.25, 0.3) is 5.91 Å². The molecule has 4 nitrogen and oxygen atoms in total. The van der Waals surface area contributed by atoms with Crippen molar-refractivity contribution in [2.45, 2.75) is 13.0 Å². The average Bonchev–Trinajstić information content (AvgIpc) is 2.55. The predicted molar refractivity (Wildman–Crippen MR) is 89.5 cm³/mol. The van der Waals surface area contributed by atoms with Gasteiger partial charge in [0.15, 0.2) is 0 Å². The van der Waals surface area contributed by atoms with Crippen LogP contribution in [0.25, 0.3) is 0 Å². The molecule has 0 fully saturated rings. The molecule has 0 heterocycles. The minimum Gasteiger partial charge on any atom is -0.355 e. The number of carbonyl (C=O) groups excluding carboxylic acids is 2. The summed E-state index contributed by atoms with van der Waals surface area (Å²) < 4.78 is 0.993. The van der Waals surface area contributed by atoms with Crippen LogP contribution < -0.4 is 10.6 Å². The number of halogens is 1. The van der Waals surface area contributed by atoms with Crippen LogP contribution in [-0.4, -0.2) is 18.9 Å². The lowest BCUT2D eigenvalue weighted by Gasteiger charge is -2.07. The van der Waals surface area contributed by atoms with Gasteiger partial charge < -0.3 is 10.6 Å². The van der Waals surface area contributed by atoms with Crippen LogP contribution in [0.2, 0.25) is 0 Å². The minimum absolute atomic E-state index is 0.0299. The maximum atomic E-state index is 11.9. The largest absolute Gasteiger partial charge is 0.355 e. The van der Waals surface area contributed by atoms with Crippen molar-refractivity contribution in [2.24, 2.45) is 0 Å². The molecular formula is C17H17BrN2O2. The number of rotatable bonds is 5. The fraction of sp³-hybridized carbons (Fsp3) is 0.176. The molecule has 22 heavy (non-hydrogen) atoms. The highest BCUT2D eigenvalue weighted by Gasteiger charge is 2.05. The van der Waals surface area contributed by atoms with Gasteiger partial charge in [-0.3, -0.25) is 9.59 Å². The van der Waals surface area contributed by atoms with Crippen LogP contribution in [0.15, 0.2) is 53.0 Å². The summed E-state index contributed by atoms with van der Waals surface area (Å²) in [6, 6.07) is 14.8. The summed E-state index contributed by atoms with van der Waals surface area (Å²) in [5.41, 5.74) is 2.53. The molecule has 114 valence electrons. The third-order valence-electron chi connectivity index (χ3n) is 3.21. The predicted octanol–water partition coefficient (Wildman–Crippen LogP) is 2.67. The van der Waals surface area contributed by atoms with Crippen LogP contribution in [-0.2, 0) is 17.8 Å². The fourth-order valence-electron chi connectivity index (χ4n) is 1.97. The van der Waals surface area contributed by atoms with Gasteiger partial charge in [0.05, 0.1) is 6.42 Å². The molecule has 0 aliphatic heterocycles. The van der Waals surface area contributed by atoms with Gasteiger partial charge in [0.2, 0.25) is 5.91 Å². The number of amides is 2. The van der Waals surface area contributed by atoms with Crippen LogP contribution in [0, 0.1) is 0 Å². The van der Waals surface area contributed by atoms with Crippen LogP contribution >= 0.6 is 15.9 Å². The molecule has 0 aliphatic rings. The van der Waals surface area contributed by atoms with Gasteiger partial charge in [-0.15, -0.1) is 0 Å². The van der Waals surface area contributed by atoms with E-state index in [2.05, 4.69) is 26.6 Å². The molecule has 0 aromatic heterocycles. The maximum Gasteiger partial charge on any atom is 0.251 e. The number of nitrogens with one attached hydrogen (secondary N) is 2. The number of hydrogen-bond donors (Lipinski definition) is 2. The van der Waals surface area contributed by atoms with E-state index in [4.69, 9.17) is 0 Å². The third kappa shape index (κ3) is 4.70. The molecule has 0 radical (unpaired) electrons. The van der Waals surface area contributed by atoms with E-state index in [1.165, 1.54) is 0 Å². The molecule has 0 aliphatic carbocycles. The summed E-state index contributed by atoms with van der Waals surface area (Å²) in [5, 5.41) is 5.44. The molecule has 2 N–H and O–H groups in total. The Bertz CT molecular complexity index is 651. The molecule has 2 aromatic rings. The monoisotopic (exact) mass is 360 g/mol. The summed E-state index contributed by atoms with van der Waals surface area (Å²) in [4.78, 5) is 23.3. The summed E-state index contributed by atoms with van der Waals surface area (Å²) in [6.07, 6.45) is 0.351. The van der Waals surface area contributed by atoms with E-state index < -0.39 is 0 Å². The molecule has 0 bridgehead atoms. The first-order valence-corrected chi connectivity index (χ1v) is 7.70. The van der Waals surface area contributed by atoms with E-state index in [9.17, 15) is 9.59 Å². The summed E-state index contributed by atoms with van der Waals surface area (Å²) in [6.45, 7) is 0.448. The van der Waals surface area contributed by atoms with E-state index in [-0.39, 0.29) is 11.8 Å². The first kappa shape index (κ1) is 16.2. The lowest BCUT2D eigenvalue weighted by Crippen LogP contribution is -2.24. The summed E-state index contributed by atoms with van der Waals surface area (Å²) in [7, 11) is 1.60. The molecule has 2 amide bonds. The zero-order chi connectivity index (χ0) is 15.9. The lowest BCUT2D eigenvalue weighted by atomic mass is 10.1. The van der Waals surface area contributed by atoms with Crippen molar-refractivity contribution < 1.29 is 9.59 Å². The lowest BCUT2D eigenvalue weighted by molar-refractivity contribution is -0.120. The zero-order valence-corrected chi connectivity index (χ0v) is 13.8. The van der Waals surface area contributed by atoms with Crippen molar-refractivity contribution >= 4 is 27.7 Å². The second-order valence-corrected chi connectivity index (χ2v) is 5.77. The molecule has 2 aromatic carbocycles. The van der Waals surface area contributed by atoms with Crippen molar-refractivity contribution in [1.29, 1.82) is 0 Å². The molecule has 0 unspecified atom stereocenters. The SMILES string of the molecule is CNC(=O)c1ccc(CNC(=O)Cc2ccc(Br)cc2)cc1. The molecule has 0 saturated heterocycles. The highest BCUT2D eigenvalue weighted by molar-refractivity contribution is 9.10. The van der Waals surface area contributed by atoms with E-state index >= 15 is 0 Å². The topological polar surface area (TPSA) is 58.2 Å². The Morgan fingerprint density at radius 3 is 2.14 bits per heavy atom. The van der Waals surface area contributed by atoms with Gasteiger partial charge in [-0.2, -0.15) is 0 Å². The number of carbonyl (C=O) groups is 2. The highest BCUT2D eigenvalue weighted by Crippen LogP contribution is 2.11. The van der Waals surface area contributed by atoms with Crippen molar-refractivity contribution in [3.8, 4) is 0 Å². The average molecular weight is 361 g/mol. The molecular weight excluding hydrogens is 344 g/mol. The van der Waals surface area contributed by atoms with Crippen LogP contribution in [0.4, 0.5) is 0 Å². The van der Waals surface area contributed by atoms with Crippen molar-refractivity contribution in [3.05, 3.63) is 69.7 Å². The Kier molecular flexibility index (Phi) is 5.72. The maximum absolute atomic E-state index is 11.9. The van der Waals surface area contributed by atoms with Crippen molar-refractivity contribution in [2.75, 3.05) is 7.05 Å². The van der Waals surface area contributed by atoms with Crippen molar-refractivity contribution in [3.63, 3.8) is 0 Å². The molecule has 0 atom stereocenters. The van der Waals surface area contributed by atoms with E-state index in [0.717, 1.165) is 15.6 Å². The Morgan fingerprint density at radius 1 is 0.955 bits per heavy atom. The summed E-state index contributed by atoms with van der Waals surface area (Å²) in [5.74, 6) is -0.150. The Hall–Kier alpha value is -2.14. The fourth-order valence-corrected chi connectivity index (χ4v) is 2.23. The van der Waals surface area contributed by atoms with Gasteiger partial charge in [0.1, 0.15) is 0 Å². The minimum atomic E-state index is -0.120. The first-order valence-electron chi connectivity index (χ1n) is 6.90. The van der Waals surface area contributed by atoms with Crippen LogP contribution in [0.3, 0.4) is 0 Å². The second kappa shape index (κ2) is 7.75. The molecule has 0 spiro atoms. The van der Waals surface area contributed by atoms with Crippen molar-refractivity contribution in [1.82, 2.24) is 10.6 Å². The quantitative estimate of drug-likeness (QED) is 0.860. The summed E-state index contributed by atoms with van der Waals surface area (Å²) >= 11 is 3.37. The van der Waals surface area contributed by atoms with Gasteiger partial charge in [0, 0.05) is 23.6 Å². The second-order valence-electron chi connectivity index (χ2n) is 4.86. The Morgan fingerprint density at radius 2 is 1.55 bits per heavy atom. The van der Waals surface area contributed by atoms with Gasteiger partial charge >= 0.3 is 0 Å². The van der Waals surface area contributed by atoms with E-state index in [1.54, 1.807) is 19.2 Å². The van der Waals surface area contributed by atoms with E-state index in [1.807, 2.05) is 36.4 Å². The van der Waals surface area contributed by atoms with Gasteiger partial charge in [-0.1, -0.05) is 40.2 Å². The number of hydrogen-bond acceptors (Lipinski definition) is 2. The molecule has 2 rings (SSSR count). The van der Waals surface area contributed by atoms with Gasteiger partial charge in [-0.05, 0) is 35.4 Å².